The highest BCUT2D eigenvalue weighted by molar-refractivity contribution is 5.66. The van der Waals surface area contributed by atoms with Crippen LogP contribution in [0.2, 0.25) is 0 Å². The van der Waals surface area contributed by atoms with Crippen molar-refractivity contribution in [3.05, 3.63) is 23.8 Å². The van der Waals surface area contributed by atoms with E-state index in [0.717, 1.165) is 23.5 Å². The van der Waals surface area contributed by atoms with Gasteiger partial charge in [0, 0.05) is 24.6 Å². The van der Waals surface area contributed by atoms with Gasteiger partial charge in [-0.05, 0) is 24.5 Å². The maximum atomic E-state index is 11.2. The molecule has 1 aromatic rings. The van der Waals surface area contributed by atoms with Crippen molar-refractivity contribution in [2.24, 2.45) is 5.92 Å². The minimum Gasteiger partial charge on any atom is -0.496 e. The molecule has 2 atom stereocenters. The van der Waals surface area contributed by atoms with E-state index in [2.05, 4.69) is 0 Å². The zero-order valence-electron chi connectivity index (χ0n) is 10.8. The lowest BCUT2D eigenvalue weighted by Crippen LogP contribution is -2.27. The van der Waals surface area contributed by atoms with Crippen LogP contribution in [0.25, 0.3) is 0 Å². The van der Waals surface area contributed by atoms with Crippen molar-refractivity contribution in [1.29, 1.82) is 0 Å². The van der Waals surface area contributed by atoms with E-state index in [4.69, 9.17) is 14.6 Å². The molecule has 1 N–H and O–H groups in total. The molecule has 5 nitrogen and oxygen atoms in total. The summed E-state index contributed by atoms with van der Waals surface area (Å²) in [5, 5.41) is 9.17. The Hall–Kier alpha value is -1.91. The van der Waals surface area contributed by atoms with Gasteiger partial charge in [-0.2, -0.15) is 0 Å². The van der Waals surface area contributed by atoms with E-state index >= 15 is 0 Å². The Morgan fingerprint density at radius 1 is 1.47 bits per heavy atom. The van der Waals surface area contributed by atoms with Crippen molar-refractivity contribution in [1.82, 2.24) is 4.90 Å². The van der Waals surface area contributed by atoms with Crippen LogP contribution in [-0.4, -0.2) is 42.9 Å². The summed E-state index contributed by atoms with van der Waals surface area (Å²) in [7, 11) is 1.64. The number of benzene rings is 1. The number of amides is 1. The predicted molar refractivity (Wildman–Crippen MR) is 68.9 cm³/mol. The van der Waals surface area contributed by atoms with Gasteiger partial charge in [0.2, 0.25) is 0 Å². The Kier molecular flexibility index (Phi) is 2.97. The largest absolute Gasteiger partial charge is 0.496 e. The fourth-order valence-electron chi connectivity index (χ4n) is 3.16. The normalized spacial score (nSPS) is 25.0. The van der Waals surface area contributed by atoms with Gasteiger partial charge in [0.1, 0.15) is 11.5 Å². The zero-order valence-corrected chi connectivity index (χ0v) is 10.8. The molecule has 0 aliphatic carbocycles. The van der Waals surface area contributed by atoms with Gasteiger partial charge in [0.25, 0.3) is 0 Å². The van der Waals surface area contributed by atoms with Crippen LogP contribution in [0.3, 0.4) is 0 Å². The molecule has 2 aliphatic heterocycles. The fraction of sp³-hybridized carbons (Fsp3) is 0.500. The molecular weight excluding hydrogens is 246 g/mol. The number of hydrogen-bond donors (Lipinski definition) is 1. The summed E-state index contributed by atoms with van der Waals surface area (Å²) in [5.41, 5.74) is 1.02. The zero-order chi connectivity index (χ0) is 13.4. The van der Waals surface area contributed by atoms with E-state index in [1.54, 1.807) is 7.11 Å². The van der Waals surface area contributed by atoms with Crippen molar-refractivity contribution >= 4 is 6.09 Å². The van der Waals surface area contributed by atoms with E-state index in [-0.39, 0.29) is 5.92 Å². The van der Waals surface area contributed by atoms with Crippen LogP contribution in [0.5, 0.6) is 11.5 Å². The molecule has 0 saturated carbocycles. The number of rotatable bonds is 1. The minimum absolute atomic E-state index is 0.171. The van der Waals surface area contributed by atoms with Gasteiger partial charge in [0.05, 0.1) is 13.7 Å². The Labute approximate surface area is 111 Å². The van der Waals surface area contributed by atoms with Gasteiger partial charge in [-0.25, -0.2) is 4.79 Å². The third-order valence-electron chi connectivity index (χ3n) is 4.07. The molecule has 1 aromatic carbocycles. The highest BCUT2D eigenvalue weighted by Crippen LogP contribution is 2.45. The van der Waals surface area contributed by atoms with Crippen molar-refractivity contribution in [2.45, 2.75) is 12.3 Å². The number of carboxylic acid groups (broad SMARTS) is 1. The second kappa shape index (κ2) is 4.64. The topological polar surface area (TPSA) is 59.0 Å². The number of likely N-dealkylation sites (tertiary alicyclic amines) is 1. The summed E-state index contributed by atoms with van der Waals surface area (Å²) < 4.78 is 11.2. The number of hydrogen-bond acceptors (Lipinski definition) is 3. The van der Waals surface area contributed by atoms with Crippen LogP contribution in [-0.2, 0) is 0 Å². The van der Waals surface area contributed by atoms with Gasteiger partial charge >= 0.3 is 6.09 Å². The van der Waals surface area contributed by atoms with Crippen molar-refractivity contribution < 1.29 is 19.4 Å². The third-order valence-corrected chi connectivity index (χ3v) is 4.07. The smallest absolute Gasteiger partial charge is 0.407 e. The van der Waals surface area contributed by atoms with Crippen molar-refractivity contribution in [3.63, 3.8) is 0 Å². The summed E-state index contributed by atoms with van der Waals surface area (Å²) in [5.74, 6) is 2.11. The Morgan fingerprint density at radius 3 is 3.05 bits per heavy atom. The molecule has 0 aromatic heterocycles. The maximum Gasteiger partial charge on any atom is 0.407 e. The first kappa shape index (κ1) is 12.1. The Balaban J connectivity index is 2.02. The SMILES string of the molecule is COc1cccc2c1[C@H]1CN(C(=O)O)C[C@@H]1CCO2. The lowest BCUT2D eigenvalue weighted by Gasteiger charge is -2.18. The highest BCUT2D eigenvalue weighted by Gasteiger charge is 2.40. The minimum atomic E-state index is -0.842. The first-order valence-electron chi connectivity index (χ1n) is 6.48. The molecule has 1 saturated heterocycles. The molecule has 102 valence electrons. The standard InChI is InChI=1S/C14H17NO4/c1-18-11-3-2-4-12-13(11)10-8-15(14(16)17)7-9(10)5-6-19-12/h2-4,9-10H,5-8H2,1H3,(H,16,17)/t9-,10-/m0/s1. The Morgan fingerprint density at radius 2 is 2.32 bits per heavy atom. The molecule has 0 radical (unpaired) electrons. The van der Waals surface area contributed by atoms with E-state index in [9.17, 15) is 4.79 Å². The summed E-state index contributed by atoms with van der Waals surface area (Å²) in [4.78, 5) is 12.7. The molecule has 3 rings (SSSR count). The number of fused-ring (bicyclic) bond motifs is 3. The second-order valence-corrected chi connectivity index (χ2v) is 5.06. The molecule has 1 amide bonds. The number of nitrogens with zero attached hydrogens (tertiary/aromatic N) is 1. The molecule has 2 heterocycles. The van der Waals surface area contributed by atoms with E-state index in [1.165, 1.54) is 4.90 Å². The van der Waals surface area contributed by atoms with E-state index in [1.807, 2.05) is 18.2 Å². The summed E-state index contributed by atoms with van der Waals surface area (Å²) in [6.45, 7) is 1.74. The molecule has 2 aliphatic rings. The summed E-state index contributed by atoms with van der Waals surface area (Å²) in [6.07, 6.45) is 0.0390. The third kappa shape index (κ3) is 1.99. The van der Waals surface area contributed by atoms with E-state index < -0.39 is 6.09 Å². The second-order valence-electron chi connectivity index (χ2n) is 5.06. The molecular formula is C14H17NO4. The number of carbonyl (C=O) groups is 1. The monoisotopic (exact) mass is 263 g/mol. The predicted octanol–water partition coefficient (Wildman–Crippen LogP) is 2.17. The molecule has 19 heavy (non-hydrogen) atoms. The lowest BCUT2D eigenvalue weighted by molar-refractivity contribution is 0.152. The molecule has 0 unspecified atom stereocenters. The lowest BCUT2D eigenvalue weighted by atomic mass is 9.87. The maximum absolute atomic E-state index is 11.2. The van der Waals surface area contributed by atoms with E-state index in [0.29, 0.717) is 25.6 Å². The average molecular weight is 263 g/mol. The van der Waals surface area contributed by atoms with Crippen molar-refractivity contribution in [3.8, 4) is 11.5 Å². The van der Waals surface area contributed by atoms with Crippen LogP contribution in [0, 0.1) is 5.92 Å². The summed E-state index contributed by atoms with van der Waals surface area (Å²) in [6, 6.07) is 5.75. The van der Waals surface area contributed by atoms with Crippen LogP contribution in [0.4, 0.5) is 4.79 Å². The highest BCUT2D eigenvalue weighted by atomic mass is 16.5. The van der Waals surface area contributed by atoms with Gasteiger partial charge in [-0.1, -0.05) is 6.07 Å². The quantitative estimate of drug-likeness (QED) is 0.843. The fourth-order valence-corrected chi connectivity index (χ4v) is 3.16. The first-order valence-corrected chi connectivity index (χ1v) is 6.48. The van der Waals surface area contributed by atoms with Gasteiger partial charge in [-0.15, -0.1) is 0 Å². The van der Waals surface area contributed by atoms with Crippen LogP contribution in [0.15, 0.2) is 18.2 Å². The number of ether oxygens (including phenoxy) is 2. The molecule has 0 spiro atoms. The molecule has 0 bridgehead atoms. The molecule has 1 fully saturated rings. The molecule has 5 heteroatoms. The van der Waals surface area contributed by atoms with Crippen LogP contribution in [0.1, 0.15) is 17.9 Å². The average Bonchev–Trinajstić information content (AvgIpc) is 2.75. The van der Waals surface area contributed by atoms with Crippen LogP contribution < -0.4 is 9.47 Å². The summed E-state index contributed by atoms with van der Waals surface area (Å²) >= 11 is 0. The van der Waals surface area contributed by atoms with Crippen molar-refractivity contribution in [2.75, 3.05) is 26.8 Å². The van der Waals surface area contributed by atoms with Gasteiger partial charge in [-0.3, -0.25) is 0 Å². The van der Waals surface area contributed by atoms with Gasteiger partial charge in [0.15, 0.2) is 0 Å². The first-order chi connectivity index (χ1) is 9.20. The van der Waals surface area contributed by atoms with Gasteiger partial charge < -0.3 is 19.5 Å². The van der Waals surface area contributed by atoms with Crippen LogP contribution >= 0.6 is 0 Å². The Bertz CT molecular complexity index is 502. The number of methoxy groups -OCH3 is 1.